The van der Waals surface area contributed by atoms with Crippen LogP contribution in [0.25, 0.3) is 0 Å². The number of nitrogens with zero attached hydrogens (tertiary/aromatic N) is 2. The zero-order valence-electron chi connectivity index (χ0n) is 8.27. The van der Waals surface area contributed by atoms with Gasteiger partial charge >= 0.3 is 5.97 Å². The molecule has 0 aliphatic carbocycles. The lowest BCUT2D eigenvalue weighted by Crippen LogP contribution is -2.43. The topological polar surface area (TPSA) is 76.4 Å². The third-order valence-corrected chi connectivity index (χ3v) is 1.91. The van der Waals surface area contributed by atoms with Crippen LogP contribution in [0.4, 0.5) is 0 Å². The van der Waals surface area contributed by atoms with Crippen LogP contribution >= 0.6 is 12.2 Å². The number of hydrogen-bond acceptors (Lipinski definition) is 3. The van der Waals surface area contributed by atoms with Crippen molar-refractivity contribution in [2.24, 2.45) is 0 Å². The predicted octanol–water partition coefficient (Wildman–Crippen LogP) is 0.347. The summed E-state index contributed by atoms with van der Waals surface area (Å²) in [5, 5.41) is 20.2. The Morgan fingerprint density at radius 1 is 1.73 bits per heavy atom. The Balaban J connectivity index is 4.20. The van der Waals surface area contributed by atoms with Gasteiger partial charge in [0, 0.05) is 13.1 Å². The van der Waals surface area contributed by atoms with E-state index in [1.165, 1.54) is 4.90 Å². The summed E-state index contributed by atoms with van der Waals surface area (Å²) < 4.78 is 0. The zero-order chi connectivity index (χ0) is 11.7. The summed E-state index contributed by atoms with van der Waals surface area (Å²) in [5.41, 5.74) is 0. The molecular formula is C9H13N3O2S. The second-order valence-corrected chi connectivity index (χ2v) is 3.08. The fraction of sp³-hybridized carbons (Fsp3) is 0.444. The molecule has 0 saturated heterocycles. The fourth-order valence-electron chi connectivity index (χ4n) is 0.872. The highest BCUT2D eigenvalue weighted by molar-refractivity contribution is 7.80. The van der Waals surface area contributed by atoms with Crippen molar-refractivity contribution in [2.75, 3.05) is 19.6 Å². The van der Waals surface area contributed by atoms with Crippen LogP contribution in [-0.4, -0.2) is 40.7 Å². The number of carboxylic acids is 1. The monoisotopic (exact) mass is 227 g/mol. The summed E-state index contributed by atoms with van der Waals surface area (Å²) in [6, 6.07) is 1.94. The van der Waals surface area contributed by atoms with Crippen LogP contribution in [0, 0.1) is 11.3 Å². The molecule has 6 heteroatoms. The highest BCUT2D eigenvalue weighted by atomic mass is 32.1. The van der Waals surface area contributed by atoms with Crippen molar-refractivity contribution in [3.05, 3.63) is 12.7 Å². The van der Waals surface area contributed by atoms with E-state index in [0.717, 1.165) is 0 Å². The molecule has 0 rings (SSSR count). The molecule has 5 nitrogen and oxygen atoms in total. The number of carboxylic acid groups (broad SMARTS) is 1. The number of hydrogen-bond donors (Lipinski definition) is 2. The smallest absolute Gasteiger partial charge is 0.323 e. The molecule has 15 heavy (non-hydrogen) atoms. The van der Waals surface area contributed by atoms with Crippen molar-refractivity contribution < 1.29 is 9.90 Å². The van der Waals surface area contributed by atoms with Gasteiger partial charge < -0.3 is 15.3 Å². The van der Waals surface area contributed by atoms with Gasteiger partial charge in [-0.15, -0.1) is 6.58 Å². The Kier molecular flexibility index (Phi) is 6.93. The molecule has 0 atom stereocenters. The molecule has 0 fully saturated rings. The molecular weight excluding hydrogens is 214 g/mol. The summed E-state index contributed by atoms with van der Waals surface area (Å²) in [5.74, 6) is -0.976. The lowest BCUT2D eigenvalue weighted by molar-refractivity contribution is -0.137. The van der Waals surface area contributed by atoms with Crippen LogP contribution in [0.1, 0.15) is 6.42 Å². The van der Waals surface area contributed by atoms with E-state index in [2.05, 4.69) is 11.9 Å². The number of thiocarbonyl (C=S) groups is 1. The van der Waals surface area contributed by atoms with Gasteiger partial charge in [-0.2, -0.15) is 5.26 Å². The highest BCUT2D eigenvalue weighted by Gasteiger charge is 2.11. The summed E-state index contributed by atoms with van der Waals surface area (Å²) in [7, 11) is 0. The minimum Gasteiger partial charge on any atom is -0.480 e. The van der Waals surface area contributed by atoms with Crippen molar-refractivity contribution in [3.8, 4) is 6.07 Å². The summed E-state index contributed by atoms with van der Waals surface area (Å²) in [6.07, 6.45) is 1.86. The standard InChI is InChI=1S/C9H13N3O2S/c1-2-5-11-9(15)12(6-3-4-10)7-8(13)14/h2H,1,3,5-7H2,(H,11,15)(H,13,14). The first-order chi connectivity index (χ1) is 7.11. The third-order valence-electron chi connectivity index (χ3n) is 1.50. The van der Waals surface area contributed by atoms with Gasteiger partial charge in [-0.05, 0) is 12.2 Å². The lowest BCUT2D eigenvalue weighted by atomic mass is 10.4. The molecule has 2 N–H and O–H groups in total. The van der Waals surface area contributed by atoms with Crippen molar-refractivity contribution in [2.45, 2.75) is 6.42 Å². The average molecular weight is 227 g/mol. The second kappa shape index (κ2) is 7.76. The molecule has 0 spiro atoms. The maximum Gasteiger partial charge on any atom is 0.323 e. The molecule has 0 saturated carbocycles. The van der Waals surface area contributed by atoms with E-state index in [0.29, 0.717) is 18.2 Å². The first kappa shape index (κ1) is 13.4. The fourth-order valence-corrected chi connectivity index (χ4v) is 1.11. The van der Waals surface area contributed by atoms with Gasteiger partial charge in [0.25, 0.3) is 0 Å². The Hall–Kier alpha value is -1.61. The van der Waals surface area contributed by atoms with Gasteiger partial charge in [-0.3, -0.25) is 4.79 Å². The molecule has 0 radical (unpaired) electrons. The molecule has 0 amide bonds. The van der Waals surface area contributed by atoms with Gasteiger partial charge in [-0.1, -0.05) is 6.08 Å². The van der Waals surface area contributed by atoms with Crippen LogP contribution in [0.15, 0.2) is 12.7 Å². The Bertz CT molecular complexity index is 286. The van der Waals surface area contributed by atoms with Crippen LogP contribution in [0.2, 0.25) is 0 Å². The van der Waals surface area contributed by atoms with Crippen molar-refractivity contribution >= 4 is 23.3 Å². The van der Waals surface area contributed by atoms with E-state index in [-0.39, 0.29) is 13.0 Å². The van der Waals surface area contributed by atoms with Gasteiger partial charge in [-0.25, -0.2) is 0 Å². The molecule has 0 aromatic carbocycles. The van der Waals surface area contributed by atoms with E-state index in [4.69, 9.17) is 22.6 Å². The van der Waals surface area contributed by atoms with Crippen molar-refractivity contribution in [1.29, 1.82) is 5.26 Å². The van der Waals surface area contributed by atoms with Crippen molar-refractivity contribution in [3.63, 3.8) is 0 Å². The molecule has 0 unspecified atom stereocenters. The molecule has 0 aromatic rings. The largest absolute Gasteiger partial charge is 0.480 e. The number of rotatable bonds is 6. The molecule has 0 bridgehead atoms. The predicted molar refractivity (Wildman–Crippen MR) is 60.2 cm³/mol. The lowest BCUT2D eigenvalue weighted by Gasteiger charge is -2.22. The van der Waals surface area contributed by atoms with E-state index in [1.54, 1.807) is 6.08 Å². The van der Waals surface area contributed by atoms with Crippen LogP contribution in [0.5, 0.6) is 0 Å². The van der Waals surface area contributed by atoms with Gasteiger partial charge in [0.15, 0.2) is 5.11 Å². The van der Waals surface area contributed by atoms with Gasteiger partial charge in [0.05, 0.1) is 12.5 Å². The normalized spacial score (nSPS) is 8.73. The summed E-state index contributed by atoms with van der Waals surface area (Å²) in [6.45, 7) is 4.09. The van der Waals surface area contributed by atoms with Gasteiger partial charge in [0.2, 0.25) is 0 Å². The first-order valence-electron chi connectivity index (χ1n) is 4.34. The third kappa shape index (κ3) is 6.46. The highest BCUT2D eigenvalue weighted by Crippen LogP contribution is 1.93. The minimum absolute atomic E-state index is 0.204. The summed E-state index contributed by atoms with van der Waals surface area (Å²) in [4.78, 5) is 12.0. The van der Waals surface area contributed by atoms with Gasteiger partial charge in [0.1, 0.15) is 6.54 Å². The van der Waals surface area contributed by atoms with E-state index in [1.807, 2.05) is 6.07 Å². The van der Waals surface area contributed by atoms with E-state index < -0.39 is 5.97 Å². The number of aliphatic carboxylic acids is 1. The number of carbonyl (C=O) groups is 1. The van der Waals surface area contributed by atoms with E-state index in [9.17, 15) is 4.79 Å². The average Bonchev–Trinajstić information content (AvgIpc) is 2.20. The van der Waals surface area contributed by atoms with Crippen LogP contribution in [0.3, 0.4) is 0 Å². The van der Waals surface area contributed by atoms with Crippen LogP contribution in [-0.2, 0) is 4.79 Å². The molecule has 0 aliphatic rings. The van der Waals surface area contributed by atoms with Crippen LogP contribution < -0.4 is 5.32 Å². The molecule has 0 aliphatic heterocycles. The quantitative estimate of drug-likeness (QED) is 0.503. The minimum atomic E-state index is -0.976. The number of nitriles is 1. The number of nitrogens with one attached hydrogen (secondary N) is 1. The maximum atomic E-state index is 10.5. The SMILES string of the molecule is C=CCNC(=S)N(CCC#N)CC(=O)O. The Labute approximate surface area is 94.0 Å². The zero-order valence-corrected chi connectivity index (χ0v) is 9.09. The summed E-state index contributed by atoms with van der Waals surface area (Å²) >= 11 is 4.97. The molecule has 82 valence electrons. The maximum absolute atomic E-state index is 10.5. The Morgan fingerprint density at radius 3 is 2.87 bits per heavy atom. The molecule has 0 aromatic heterocycles. The molecule has 0 heterocycles. The second-order valence-electron chi connectivity index (χ2n) is 2.70. The van der Waals surface area contributed by atoms with E-state index >= 15 is 0 Å². The Morgan fingerprint density at radius 2 is 2.40 bits per heavy atom. The first-order valence-corrected chi connectivity index (χ1v) is 4.75. The van der Waals surface area contributed by atoms with Crippen molar-refractivity contribution in [1.82, 2.24) is 10.2 Å².